The smallest absolute Gasteiger partial charge is 0.255 e. The summed E-state index contributed by atoms with van der Waals surface area (Å²) in [6, 6.07) is 6.10. The monoisotopic (exact) mass is 398 g/mol. The van der Waals surface area contributed by atoms with Crippen LogP contribution in [0.1, 0.15) is 60.5 Å². The van der Waals surface area contributed by atoms with Crippen LogP contribution in [0.5, 0.6) is 0 Å². The molecule has 156 valence electrons. The number of piperidine rings is 1. The second-order valence-corrected chi connectivity index (χ2v) is 8.29. The first-order valence-electron chi connectivity index (χ1n) is 10.8. The molecule has 2 saturated heterocycles. The molecule has 0 bridgehead atoms. The molecule has 3 aliphatic rings. The first-order chi connectivity index (χ1) is 14.1. The molecule has 0 aromatic heterocycles. The SMILES string of the molecule is CCN(Cc1ccc2c(c1)CN(C1CCC(=O)NC1=O)C2=O)C1CCCNCC1. The Hall–Kier alpha value is -2.25. The highest BCUT2D eigenvalue weighted by Crippen LogP contribution is 2.29. The molecule has 0 saturated carbocycles. The highest BCUT2D eigenvalue weighted by molar-refractivity contribution is 6.05. The summed E-state index contributed by atoms with van der Waals surface area (Å²) < 4.78 is 0. The van der Waals surface area contributed by atoms with Crippen molar-refractivity contribution in [1.82, 2.24) is 20.4 Å². The Labute approximate surface area is 171 Å². The van der Waals surface area contributed by atoms with E-state index in [1.54, 1.807) is 4.90 Å². The van der Waals surface area contributed by atoms with Gasteiger partial charge in [0.15, 0.2) is 0 Å². The highest BCUT2D eigenvalue weighted by Gasteiger charge is 2.39. The van der Waals surface area contributed by atoms with Gasteiger partial charge >= 0.3 is 0 Å². The molecule has 1 aromatic carbocycles. The third-order valence-corrected chi connectivity index (χ3v) is 6.44. The van der Waals surface area contributed by atoms with E-state index in [1.165, 1.54) is 24.8 Å². The number of benzene rings is 1. The fraction of sp³-hybridized carbons (Fsp3) is 0.591. The third kappa shape index (κ3) is 4.21. The summed E-state index contributed by atoms with van der Waals surface area (Å²) in [5.41, 5.74) is 2.87. The number of nitrogens with zero attached hydrogens (tertiary/aromatic N) is 2. The van der Waals surface area contributed by atoms with Crippen molar-refractivity contribution in [2.45, 2.75) is 64.2 Å². The molecule has 1 aromatic rings. The molecule has 3 amide bonds. The van der Waals surface area contributed by atoms with E-state index in [4.69, 9.17) is 0 Å². The molecule has 2 atom stereocenters. The number of carbonyl (C=O) groups is 3. The number of hydrogen-bond donors (Lipinski definition) is 2. The van der Waals surface area contributed by atoms with Crippen molar-refractivity contribution in [3.05, 3.63) is 34.9 Å². The summed E-state index contributed by atoms with van der Waals surface area (Å²) in [5, 5.41) is 5.83. The van der Waals surface area contributed by atoms with E-state index in [2.05, 4.69) is 28.5 Å². The minimum absolute atomic E-state index is 0.108. The quantitative estimate of drug-likeness (QED) is 0.733. The van der Waals surface area contributed by atoms with E-state index in [1.807, 2.05) is 12.1 Å². The maximum absolute atomic E-state index is 12.8. The summed E-state index contributed by atoms with van der Waals surface area (Å²) in [5.74, 6) is -0.726. The minimum atomic E-state index is -0.554. The standard InChI is InChI=1S/C22H30N4O3/c1-2-25(17-4-3-10-23-11-9-17)13-15-5-6-18-16(12-15)14-26(22(18)29)19-7-8-20(27)24-21(19)28/h5-6,12,17,19,23H,2-4,7-11,13-14H2,1H3,(H,24,27,28). The Morgan fingerprint density at radius 1 is 1.14 bits per heavy atom. The van der Waals surface area contributed by atoms with E-state index >= 15 is 0 Å². The molecule has 29 heavy (non-hydrogen) atoms. The molecule has 0 radical (unpaired) electrons. The molecule has 2 fully saturated rings. The number of amides is 3. The number of imide groups is 1. The Morgan fingerprint density at radius 3 is 2.79 bits per heavy atom. The summed E-state index contributed by atoms with van der Waals surface area (Å²) in [6.07, 6.45) is 4.27. The van der Waals surface area contributed by atoms with Crippen LogP contribution in [-0.4, -0.2) is 59.2 Å². The van der Waals surface area contributed by atoms with Gasteiger partial charge in [-0.05, 0) is 62.5 Å². The van der Waals surface area contributed by atoms with Crippen molar-refractivity contribution >= 4 is 17.7 Å². The second kappa shape index (κ2) is 8.63. The van der Waals surface area contributed by atoms with Gasteiger partial charge in [-0.25, -0.2) is 0 Å². The fourth-order valence-corrected chi connectivity index (χ4v) is 4.83. The van der Waals surface area contributed by atoms with Crippen molar-refractivity contribution in [2.24, 2.45) is 0 Å². The van der Waals surface area contributed by atoms with Gasteiger partial charge in [0, 0.05) is 31.1 Å². The van der Waals surface area contributed by atoms with Gasteiger partial charge in [0.2, 0.25) is 11.8 Å². The first-order valence-corrected chi connectivity index (χ1v) is 10.8. The molecule has 7 heteroatoms. The number of fused-ring (bicyclic) bond motifs is 1. The van der Waals surface area contributed by atoms with Crippen molar-refractivity contribution in [1.29, 1.82) is 0 Å². The number of carbonyl (C=O) groups excluding carboxylic acids is 3. The topological polar surface area (TPSA) is 81.8 Å². The van der Waals surface area contributed by atoms with Gasteiger partial charge in [0.05, 0.1) is 0 Å². The summed E-state index contributed by atoms with van der Waals surface area (Å²) in [4.78, 5) is 40.6. The Kier molecular flexibility index (Phi) is 5.96. The Balaban J connectivity index is 1.47. The van der Waals surface area contributed by atoms with Crippen LogP contribution in [0.25, 0.3) is 0 Å². The number of rotatable bonds is 5. The maximum atomic E-state index is 12.8. The first kappa shape index (κ1) is 20.0. The van der Waals surface area contributed by atoms with Crippen molar-refractivity contribution in [3.8, 4) is 0 Å². The molecule has 0 spiro atoms. The molecule has 3 aliphatic heterocycles. The van der Waals surface area contributed by atoms with Gasteiger partial charge in [0.1, 0.15) is 6.04 Å². The average Bonchev–Trinajstić information content (AvgIpc) is 2.88. The fourth-order valence-electron chi connectivity index (χ4n) is 4.83. The van der Waals surface area contributed by atoms with Gasteiger partial charge in [-0.3, -0.25) is 24.6 Å². The van der Waals surface area contributed by atoms with Gasteiger partial charge in [-0.1, -0.05) is 19.1 Å². The van der Waals surface area contributed by atoms with E-state index < -0.39 is 6.04 Å². The maximum Gasteiger partial charge on any atom is 0.255 e. The zero-order chi connectivity index (χ0) is 20.4. The molecule has 4 rings (SSSR count). The normalized spacial score (nSPS) is 25.2. The number of nitrogens with one attached hydrogen (secondary N) is 2. The van der Waals surface area contributed by atoms with E-state index in [0.29, 0.717) is 24.6 Å². The summed E-state index contributed by atoms with van der Waals surface area (Å²) in [6.45, 7) is 6.70. The highest BCUT2D eigenvalue weighted by atomic mass is 16.2. The molecule has 0 aliphatic carbocycles. The predicted octanol–water partition coefficient (Wildman–Crippen LogP) is 1.41. The Bertz CT molecular complexity index is 801. The molecular weight excluding hydrogens is 368 g/mol. The lowest BCUT2D eigenvalue weighted by molar-refractivity contribution is -0.136. The summed E-state index contributed by atoms with van der Waals surface area (Å²) >= 11 is 0. The van der Waals surface area contributed by atoms with E-state index in [0.717, 1.165) is 31.7 Å². The van der Waals surface area contributed by atoms with Crippen LogP contribution in [0.2, 0.25) is 0 Å². The zero-order valence-electron chi connectivity index (χ0n) is 17.1. The predicted molar refractivity (Wildman–Crippen MR) is 109 cm³/mol. The molecular formula is C22H30N4O3. The largest absolute Gasteiger partial charge is 0.322 e. The van der Waals surface area contributed by atoms with Crippen LogP contribution >= 0.6 is 0 Å². The van der Waals surface area contributed by atoms with Crippen molar-refractivity contribution in [2.75, 3.05) is 19.6 Å². The van der Waals surface area contributed by atoms with Gasteiger partial charge in [-0.2, -0.15) is 0 Å². The van der Waals surface area contributed by atoms with Gasteiger partial charge < -0.3 is 10.2 Å². The van der Waals surface area contributed by atoms with E-state index in [9.17, 15) is 14.4 Å². The lowest BCUT2D eigenvalue weighted by atomic mass is 10.0. The molecule has 3 heterocycles. The Morgan fingerprint density at radius 2 is 2.00 bits per heavy atom. The zero-order valence-corrected chi connectivity index (χ0v) is 17.1. The lowest BCUT2D eigenvalue weighted by Gasteiger charge is -2.30. The van der Waals surface area contributed by atoms with Crippen molar-refractivity contribution < 1.29 is 14.4 Å². The second-order valence-electron chi connectivity index (χ2n) is 8.29. The van der Waals surface area contributed by atoms with Crippen LogP contribution < -0.4 is 10.6 Å². The van der Waals surface area contributed by atoms with Crippen molar-refractivity contribution in [3.63, 3.8) is 0 Å². The van der Waals surface area contributed by atoms with Crippen LogP contribution in [-0.2, 0) is 22.7 Å². The van der Waals surface area contributed by atoms with Gasteiger partial charge in [0.25, 0.3) is 5.91 Å². The average molecular weight is 399 g/mol. The molecule has 2 unspecified atom stereocenters. The molecule has 7 nitrogen and oxygen atoms in total. The number of hydrogen-bond acceptors (Lipinski definition) is 5. The van der Waals surface area contributed by atoms with Crippen LogP contribution in [0.3, 0.4) is 0 Å². The lowest BCUT2D eigenvalue weighted by Crippen LogP contribution is -2.52. The van der Waals surface area contributed by atoms with Gasteiger partial charge in [-0.15, -0.1) is 0 Å². The van der Waals surface area contributed by atoms with Crippen LogP contribution in [0.15, 0.2) is 18.2 Å². The summed E-state index contributed by atoms with van der Waals surface area (Å²) in [7, 11) is 0. The minimum Gasteiger partial charge on any atom is -0.322 e. The van der Waals surface area contributed by atoms with E-state index in [-0.39, 0.29) is 24.1 Å². The van der Waals surface area contributed by atoms with Crippen LogP contribution in [0.4, 0.5) is 0 Å². The van der Waals surface area contributed by atoms with Crippen LogP contribution in [0, 0.1) is 0 Å². The molecule has 2 N–H and O–H groups in total. The third-order valence-electron chi connectivity index (χ3n) is 6.44.